The lowest BCUT2D eigenvalue weighted by molar-refractivity contribution is 0.0697. The number of hydrogen-bond acceptors (Lipinski definition) is 4. The average molecular weight is 292 g/mol. The number of nitrogens with one attached hydrogen (secondary N) is 2. The number of benzene rings is 1. The van der Waals surface area contributed by atoms with Crippen LogP contribution in [-0.4, -0.2) is 37.9 Å². The Morgan fingerprint density at radius 2 is 1.90 bits per heavy atom. The summed E-state index contributed by atoms with van der Waals surface area (Å²) in [6.07, 6.45) is 5.45. The van der Waals surface area contributed by atoms with Gasteiger partial charge in [-0.2, -0.15) is 0 Å². The smallest absolute Gasteiger partial charge is 0.337 e. The molecule has 0 spiro atoms. The van der Waals surface area contributed by atoms with E-state index in [1.807, 2.05) is 0 Å². The van der Waals surface area contributed by atoms with E-state index in [0.717, 1.165) is 0 Å². The third-order valence-electron chi connectivity index (χ3n) is 2.56. The van der Waals surface area contributed by atoms with Crippen LogP contribution in [0.4, 0.5) is 10.5 Å². The van der Waals surface area contributed by atoms with Crippen LogP contribution in [0.5, 0.6) is 11.5 Å². The molecule has 1 aromatic carbocycles. The molecule has 1 aromatic rings. The molecule has 1 rings (SSSR count). The van der Waals surface area contributed by atoms with Gasteiger partial charge >= 0.3 is 12.0 Å². The van der Waals surface area contributed by atoms with Crippen molar-refractivity contribution in [3.05, 3.63) is 17.7 Å². The Bertz CT molecular complexity index is 577. The quantitative estimate of drug-likeness (QED) is 0.546. The van der Waals surface area contributed by atoms with E-state index in [4.69, 9.17) is 15.9 Å². The first kappa shape index (κ1) is 16.2. The first-order valence-electron chi connectivity index (χ1n) is 6.01. The first-order chi connectivity index (χ1) is 10.0. The van der Waals surface area contributed by atoms with Crippen molar-refractivity contribution in [2.75, 3.05) is 26.1 Å². The number of carbonyl (C=O) groups excluding carboxylic acids is 1. The van der Waals surface area contributed by atoms with Gasteiger partial charge in [-0.1, -0.05) is 0 Å². The number of amides is 2. The number of urea groups is 1. The van der Waals surface area contributed by atoms with Gasteiger partial charge in [0.15, 0.2) is 11.5 Å². The summed E-state index contributed by atoms with van der Waals surface area (Å²) >= 11 is 0. The molecule has 0 aromatic heterocycles. The molecule has 0 unspecified atom stereocenters. The first-order valence-corrected chi connectivity index (χ1v) is 6.01. The average Bonchev–Trinajstić information content (AvgIpc) is 2.46. The number of hydrogen-bond donors (Lipinski definition) is 3. The van der Waals surface area contributed by atoms with Gasteiger partial charge in [-0.15, -0.1) is 12.3 Å². The van der Waals surface area contributed by atoms with Crippen LogP contribution >= 0.6 is 0 Å². The van der Waals surface area contributed by atoms with Gasteiger partial charge in [0, 0.05) is 25.1 Å². The minimum Gasteiger partial charge on any atom is -0.493 e. The van der Waals surface area contributed by atoms with E-state index in [1.165, 1.54) is 26.4 Å². The van der Waals surface area contributed by atoms with Gasteiger partial charge < -0.3 is 25.2 Å². The molecule has 0 saturated carbocycles. The topological polar surface area (TPSA) is 96.9 Å². The molecular weight excluding hydrogens is 276 g/mol. The third kappa shape index (κ3) is 4.31. The van der Waals surface area contributed by atoms with Gasteiger partial charge in [0.25, 0.3) is 0 Å². The van der Waals surface area contributed by atoms with Gasteiger partial charge in [-0.3, -0.25) is 0 Å². The maximum atomic E-state index is 11.7. The highest BCUT2D eigenvalue weighted by molar-refractivity contribution is 6.01. The molecule has 0 heterocycles. The molecular formula is C14H16N2O5. The zero-order valence-electron chi connectivity index (χ0n) is 11.7. The van der Waals surface area contributed by atoms with Crippen molar-refractivity contribution in [2.24, 2.45) is 0 Å². The van der Waals surface area contributed by atoms with Crippen molar-refractivity contribution in [2.45, 2.75) is 6.42 Å². The normalized spacial score (nSPS) is 9.38. The molecule has 3 N–H and O–H groups in total. The second-order valence-corrected chi connectivity index (χ2v) is 3.89. The molecule has 0 fully saturated rings. The molecule has 7 nitrogen and oxygen atoms in total. The summed E-state index contributed by atoms with van der Waals surface area (Å²) in [7, 11) is 2.80. The van der Waals surface area contributed by atoms with Gasteiger partial charge in [0.1, 0.15) is 0 Å². The fourth-order valence-electron chi connectivity index (χ4n) is 1.57. The number of aromatic carboxylic acids is 1. The number of methoxy groups -OCH3 is 2. The lowest BCUT2D eigenvalue weighted by atomic mass is 10.1. The summed E-state index contributed by atoms with van der Waals surface area (Å²) in [6, 6.07) is 2.10. The minimum absolute atomic E-state index is 0.0957. The van der Waals surface area contributed by atoms with Crippen molar-refractivity contribution in [3.8, 4) is 23.8 Å². The molecule has 0 aliphatic carbocycles. The Morgan fingerprint density at radius 1 is 1.29 bits per heavy atom. The fraction of sp³-hybridized carbons (Fsp3) is 0.286. The van der Waals surface area contributed by atoms with Crippen molar-refractivity contribution < 1.29 is 24.2 Å². The van der Waals surface area contributed by atoms with Crippen LogP contribution < -0.4 is 20.1 Å². The molecule has 0 radical (unpaired) electrons. The Balaban J connectivity index is 3.01. The van der Waals surface area contributed by atoms with Crippen LogP contribution in [0.2, 0.25) is 0 Å². The third-order valence-corrected chi connectivity index (χ3v) is 2.56. The number of carboxylic acids is 1. The van der Waals surface area contributed by atoms with Gasteiger partial charge in [-0.25, -0.2) is 9.59 Å². The number of rotatable bonds is 6. The molecule has 2 amide bonds. The summed E-state index contributed by atoms with van der Waals surface area (Å²) in [5, 5.41) is 14.1. The van der Waals surface area contributed by atoms with Crippen molar-refractivity contribution in [3.63, 3.8) is 0 Å². The largest absolute Gasteiger partial charge is 0.493 e. The second kappa shape index (κ2) is 7.65. The van der Waals surface area contributed by atoms with Gasteiger partial charge in [0.2, 0.25) is 0 Å². The lowest BCUT2D eigenvalue weighted by Crippen LogP contribution is -2.30. The summed E-state index contributed by atoms with van der Waals surface area (Å²) in [5.41, 5.74) is -0.0156. The molecule has 0 bridgehead atoms. The van der Waals surface area contributed by atoms with E-state index < -0.39 is 12.0 Å². The van der Waals surface area contributed by atoms with Crippen molar-refractivity contribution >= 4 is 17.7 Å². The summed E-state index contributed by atoms with van der Waals surface area (Å²) in [4.78, 5) is 22.9. The SMILES string of the molecule is C#CCCNC(=O)Nc1cc(OC)c(OC)cc1C(=O)O. The van der Waals surface area contributed by atoms with E-state index in [-0.39, 0.29) is 23.5 Å². The highest BCUT2D eigenvalue weighted by Crippen LogP contribution is 2.33. The van der Waals surface area contributed by atoms with Crippen LogP contribution in [0.25, 0.3) is 0 Å². The summed E-state index contributed by atoms with van der Waals surface area (Å²) < 4.78 is 10.1. The maximum Gasteiger partial charge on any atom is 0.337 e. The van der Waals surface area contributed by atoms with Crippen LogP contribution in [0.1, 0.15) is 16.8 Å². The standard InChI is InChI=1S/C14H16N2O5/c1-4-5-6-15-14(19)16-10-8-12(21-3)11(20-2)7-9(10)13(17)18/h1,7-8H,5-6H2,2-3H3,(H,17,18)(H2,15,16,19). The van der Waals surface area contributed by atoms with Crippen LogP contribution in [0, 0.1) is 12.3 Å². The molecule has 0 aliphatic rings. The fourth-order valence-corrected chi connectivity index (χ4v) is 1.57. The van der Waals surface area contributed by atoms with E-state index in [0.29, 0.717) is 12.2 Å². The second-order valence-electron chi connectivity index (χ2n) is 3.89. The maximum absolute atomic E-state index is 11.7. The van der Waals surface area contributed by atoms with E-state index in [1.54, 1.807) is 0 Å². The molecule has 0 aliphatic heterocycles. The molecule has 7 heteroatoms. The number of ether oxygens (including phenoxy) is 2. The van der Waals surface area contributed by atoms with E-state index in [2.05, 4.69) is 16.6 Å². The Labute approximate surface area is 122 Å². The Hall–Kier alpha value is -2.88. The van der Waals surface area contributed by atoms with E-state index >= 15 is 0 Å². The monoisotopic (exact) mass is 292 g/mol. The Morgan fingerprint density at radius 3 is 2.43 bits per heavy atom. The summed E-state index contributed by atoms with van der Waals surface area (Å²) in [6.45, 7) is 0.290. The molecule has 0 saturated heterocycles. The number of anilines is 1. The number of carboxylic acid groups (broad SMARTS) is 1. The molecule has 112 valence electrons. The zero-order chi connectivity index (χ0) is 15.8. The highest BCUT2D eigenvalue weighted by Gasteiger charge is 2.17. The van der Waals surface area contributed by atoms with Crippen LogP contribution in [-0.2, 0) is 0 Å². The van der Waals surface area contributed by atoms with Gasteiger partial charge in [0.05, 0.1) is 25.5 Å². The highest BCUT2D eigenvalue weighted by atomic mass is 16.5. The van der Waals surface area contributed by atoms with Crippen molar-refractivity contribution in [1.29, 1.82) is 0 Å². The van der Waals surface area contributed by atoms with E-state index in [9.17, 15) is 14.7 Å². The predicted octanol–water partition coefficient (Wildman–Crippen LogP) is 1.55. The van der Waals surface area contributed by atoms with Crippen LogP contribution in [0.15, 0.2) is 12.1 Å². The zero-order valence-corrected chi connectivity index (χ0v) is 11.7. The minimum atomic E-state index is -1.20. The van der Waals surface area contributed by atoms with Gasteiger partial charge in [-0.05, 0) is 0 Å². The Kier molecular flexibility index (Phi) is 5.89. The summed E-state index contributed by atoms with van der Waals surface area (Å²) in [5.74, 6) is 1.74. The van der Waals surface area contributed by atoms with Crippen LogP contribution in [0.3, 0.4) is 0 Å². The molecule has 0 atom stereocenters. The molecule has 21 heavy (non-hydrogen) atoms. The number of carbonyl (C=O) groups is 2. The van der Waals surface area contributed by atoms with Crippen molar-refractivity contribution in [1.82, 2.24) is 5.32 Å². The number of terminal acetylenes is 1. The lowest BCUT2D eigenvalue weighted by Gasteiger charge is -2.14. The predicted molar refractivity (Wildman–Crippen MR) is 77.0 cm³/mol.